The topological polar surface area (TPSA) is 77.3 Å². The zero-order valence-corrected chi connectivity index (χ0v) is 10.6. The molecule has 20 heavy (non-hydrogen) atoms. The van der Waals surface area contributed by atoms with Gasteiger partial charge in [0.15, 0.2) is 12.2 Å². The number of hydrogen-bond donors (Lipinski definition) is 0. The fraction of sp³-hybridized carbons (Fsp3) is 0.286. The first-order valence-corrected chi connectivity index (χ1v) is 6.21. The van der Waals surface area contributed by atoms with Crippen LogP contribution in [0.5, 0.6) is 0 Å². The van der Waals surface area contributed by atoms with Crippen LogP contribution in [0.15, 0.2) is 34.3 Å². The van der Waals surface area contributed by atoms with Crippen molar-refractivity contribution in [2.45, 2.75) is 12.2 Å². The lowest BCUT2D eigenvalue weighted by Crippen LogP contribution is -2.21. The summed E-state index contributed by atoms with van der Waals surface area (Å²) in [7, 11) is 0. The molecule has 2 aliphatic rings. The van der Waals surface area contributed by atoms with E-state index in [4.69, 9.17) is 9.47 Å². The van der Waals surface area contributed by atoms with Crippen LogP contribution < -0.4 is 0 Å². The second kappa shape index (κ2) is 5.24. The molecule has 0 saturated heterocycles. The summed E-state index contributed by atoms with van der Waals surface area (Å²) in [6.07, 6.45) is 2.32. The Bertz CT molecular complexity index is 539. The maximum atomic E-state index is 11.2. The fourth-order valence-corrected chi connectivity index (χ4v) is 2.05. The van der Waals surface area contributed by atoms with Crippen LogP contribution in [0.3, 0.4) is 0 Å². The van der Waals surface area contributed by atoms with Crippen molar-refractivity contribution in [1.29, 1.82) is 0 Å². The SMILES string of the molecule is O=C1CN=CC(c2ccc(C3C=NCC(=O)O3)cc2)O1. The van der Waals surface area contributed by atoms with Gasteiger partial charge in [-0.2, -0.15) is 0 Å². The van der Waals surface area contributed by atoms with Crippen molar-refractivity contribution in [3.05, 3.63) is 35.4 Å². The number of aliphatic imine (C=N–C) groups is 2. The van der Waals surface area contributed by atoms with Crippen molar-refractivity contribution in [3.63, 3.8) is 0 Å². The number of hydrogen-bond acceptors (Lipinski definition) is 6. The highest BCUT2D eigenvalue weighted by atomic mass is 16.5. The van der Waals surface area contributed by atoms with Crippen molar-refractivity contribution >= 4 is 24.4 Å². The molecule has 6 heteroatoms. The molecule has 2 aliphatic heterocycles. The van der Waals surface area contributed by atoms with Crippen LogP contribution in [-0.2, 0) is 19.1 Å². The van der Waals surface area contributed by atoms with E-state index < -0.39 is 12.2 Å². The second-order valence-corrected chi connectivity index (χ2v) is 4.47. The fourth-order valence-electron chi connectivity index (χ4n) is 2.05. The smallest absolute Gasteiger partial charge is 0.328 e. The molecule has 0 aliphatic carbocycles. The van der Waals surface area contributed by atoms with Gasteiger partial charge in [-0.15, -0.1) is 0 Å². The number of carbonyl (C=O) groups is 2. The molecule has 3 rings (SSSR count). The van der Waals surface area contributed by atoms with Crippen LogP contribution >= 0.6 is 0 Å². The highest BCUT2D eigenvalue weighted by Crippen LogP contribution is 2.23. The first-order valence-electron chi connectivity index (χ1n) is 6.21. The summed E-state index contributed by atoms with van der Waals surface area (Å²) >= 11 is 0. The summed E-state index contributed by atoms with van der Waals surface area (Å²) < 4.78 is 10.3. The molecule has 6 nitrogen and oxygen atoms in total. The second-order valence-electron chi connectivity index (χ2n) is 4.47. The molecule has 2 heterocycles. The highest BCUT2D eigenvalue weighted by molar-refractivity contribution is 5.82. The van der Waals surface area contributed by atoms with Gasteiger partial charge >= 0.3 is 11.9 Å². The molecule has 0 N–H and O–H groups in total. The van der Waals surface area contributed by atoms with Crippen LogP contribution in [0.25, 0.3) is 0 Å². The number of carbonyl (C=O) groups excluding carboxylic acids is 2. The zero-order valence-electron chi connectivity index (χ0n) is 10.6. The van der Waals surface area contributed by atoms with Crippen molar-refractivity contribution in [1.82, 2.24) is 0 Å². The van der Waals surface area contributed by atoms with Crippen LogP contribution in [-0.4, -0.2) is 37.5 Å². The first kappa shape index (κ1) is 12.5. The highest BCUT2D eigenvalue weighted by Gasteiger charge is 2.21. The Balaban J connectivity index is 1.77. The third-order valence-corrected chi connectivity index (χ3v) is 3.03. The third kappa shape index (κ3) is 2.59. The number of nitrogens with zero attached hydrogens (tertiary/aromatic N) is 2. The molecule has 0 amide bonds. The van der Waals surface area contributed by atoms with Crippen LogP contribution in [0.2, 0.25) is 0 Å². The summed E-state index contributed by atoms with van der Waals surface area (Å²) in [5.41, 5.74) is 1.65. The lowest BCUT2D eigenvalue weighted by Gasteiger charge is -2.19. The van der Waals surface area contributed by atoms with Gasteiger partial charge in [-0.3, -0.25) is 19.6 Å². The number of rotatable bonds is 2. The van der Waals surface area contributed by atoms with Gasteiger partial charge in [-0.05, 0) is 11.1 Å². The molecular formula is C14H12N2O4. The number of cyclic esters (lactones) is 2. The Morgan fingerprint density at radius 3 is 1.55 bits per heavy atom. The predicted octanol–water partition coefficient (Wildman–Crippen LogP) is 1.02. The van der Waals surface area contributed by atoms with E-state index in [0.717, 1.165) is 11.1 Å². The zero-order chi connectivity index (χ0) is 13.9. The third-order valence-electron chi connectivity index (χ3n) is 3.03. The molecular weight excluding hydrogens is 260 g/mol. The molecule has 0 fully saturated rings. The van der Waals surface area contributed by atoms with Crippen LogP contribution in [0, 0.1) is 0 Å². The molecule has 0 radical (unpaired) electrons. The van der Waals surface area contributed by atoms with Gasteiger partial charge in [0.05, 0.1) is 0 Å². The lowest BCUT2D eigenvalue weighted by molar-refractivity contribution is -0.146. The minimum absolute atomic E-state index is 0.0725. The van der Waals surface area contributed by atoms with Crippen molar-refractivity contribution in [3.8, 4) is 0 Å². The molecule has 2 unspecified atom stereocenters. The predicted molar refractivity (Wildman–Crippen MR) is 70.8 cm³/mol. The number of ether oxygens (including phenoxy) is 2. The van der Waals surface area contributed by atoms with Gasteiger partial charge in [-0.1, -0.05) is 24.3 Å². The standard InChI is InChI=1S/C14H12N2O4/c17-13-7-15-5-11(19-13)9-1-2-10(4-3-9)12-6-16-8-14(18)20-12/h1-6,11-12H,7-8H2. The Morgan fingerprint density at radius 1 is 0.800 bits per heavy atom. The minimum Gasteiger partial charge on any atom is -0.450 e. The molecule has 0 aromatic heterocycles. The van der Waals surface area contributed by atoms with Gasteiger partial charge in [-0.25, -0.2) is 0 Å². The van der Waals surface area contributed by atoms with Crippen LogP contribution in [0.1, 0.15) is 23.3 Å². The number of benzene rings is 1. The summed E-state index contributed by atoms with van der Waals surface area (Å²) in [5.74, 6) is -0.676. The van der Waals surface area contributed by atoms with Gasteiger partial charge in [0, 0.05) is 12.4 Å². The Labute approximate surface area is 115 Å². The molecule has 1 aromatic carbocycles. The van der Waals surface area contributed by atoms with Gasteiger partial charge in [0.25, 0.3) is 0 Å². The van der Waals surface area contributed by atoms with Crippen molar-refractivity contribution < 1.29 is 19.1 Å². The summed E-state index contributed by atoms with van der Waals surface area (Å²) in [6, 6.07) is 7.28. The van der Waals surface area contributed by atoms with E-state index in [9.17, 15) is 9.59 Å². The Kier molecular flexibility index (Phi) is 3.28. The van der Waals surface area contributed by atoms with E-state index in [2.05, 4.69) is 9.98 Å². The first-order chi connectivity index (χ1) is 9.72. The average molecular weight is 272 g/mol. The minimum atomic E-state index is -0.451. The van der Waals surface area contributed by atoms with Crippen LogP contribution in [0.4, 0.5) is 0 Å². The van der Waals surface area contributed by atoms with E-state index in [1.165, 1.54) is 0 Å². The molecule has 2 atom stereocenters. The molecule has 0 bridgehead atoms. The maximum absolute atomic E-state index is 11.2. The Morgan fingerprint density at radius 2 is 1.20 bits per heavy atom. The van der Waals surface area contributed by atoms with Gasteiger partial charge in [0.2, 0.25) is 0 Å². The quantitative estimate of drug-likeness (QED) is 0.753. The number of esters is 2. The van der Waals surface area contributed by atoms with E-state index in [1.807, 2.05) is 24.3 Å². The van der Waals surface area contributed by atoms with Crippen molar-refractivity contribution in [2.75, 3.05) is 13.1 Å². The molecule has 102 valence electrons. The van der Waals surface area contributed by atoms with E-state index in [0.29, 0.717) is 0 Å². The van der Waals surface area contributed by atoms with E-state index in [1.54, 1.807) is 12.4 Å². The van der Waals surface area contributed by atoms with E-state index in [-0.39, 0.29) is 25.0 Å². The molecule has 0 saturated carbocycles. The van der Waals surface area contributed by atoms with E-state index >= 15 is 0 Å². The Hall–Kier alpha value is -2.50. The molecule has 1 aromatic rings. The average Bonchev–Trinajstić information content (AvgIpc) is 2.47. The van der Waals surface area contributed by atoms with Gasteiger partial charge in [0.1, 0.15) is 13.1 Å². The normalized spacial score (nSPS) is 25.2. The maximum Gasteiger partial charge on any atom is 0.328 e. The molecule has 0 spiro atoms. The van der Waals surface area contributed by atoms with Crippen molar-refractivity contribution in [2.24, 2.45) is 9.98 Å². The monoisotopic (exact) mass is 272 g/mol. The summed E-state index contributed by atoms with van der Waals surface area (Å²) in [6.45, 7) is 0.145. The lowest BCUT2D eigenvalue weighted by atomic mass is 10.0. The van der Waals surface area contributed by atoms with Gasteiger partial charge < -0.3 is 9.47 Å². The largest absolute Gasteiger partial charge is 0.450 e. The summed E-state index contributed by atoms with van der Waals surface area (Å²) in [4.78, 5) is 30.3. The summed E-state index contributed by atoms with van der Waals surface area (Å²) in [5, 5.41) is 0.